The lowest BCUT2D eigenvalue weighted by molar-refractivity contribution is 0.683. The first kappa shape index (κ1) is 9.48. The van der Waals surface area contributed by atoms with Gasteiger partial charge in [-0.05, 0) is 34.4 Å². The van der Waals surface area contributed by atoms with E-state index < -0.39 is 5.83 Å². The smallest absolute Gasteiger partial charge is 0.173 e. The first-order chi connectivity index (χ1) is 7.29. The molecule has 0 nitrogen and oxygen atoms in total. The van der Waals surface area contributed by atoms with E-state index in [0.717, 1.165) is 16.3 Å². The van der Waals surface area contributed by atoms with Gasteiger partial charge in [0.1, 0.15) is 0 Å². The number of allylic oxidation sites excluding steroid dienone is 1. The molecule has 0 radical (unpaired) electrons. The zero-order chi connectivity index (χ0) is 10.7. The largest absolute Gasteiger partial charge is 0.197 e. The summed E-state index contributed by atoms with van der Waals surface area (Å²) in [7, 11) is 0. The zero-order valence-electron chi connectivity index (χ0n) is 8.07. The van der Waals surface area contributed by atoms with E-state index in [2.05, 4.69) is 0 Å². The Balaban J connectivity index is 2.53. The number of hydrogen-bond donors (Lipinski definition) is 0. The Bertz CT molecular complexity index is 559. The van der Waals surface area contributed by atoms with Gasteiger partial charge in [-0.3, -0.25) is 0 Å². The lowest BCUT2D eigenvalue weighted by Gasteiger charge is -1.98. The van der Waals surface area contributed by atoms with Crippen molar-refractivity contribution in [2.24, 2.45) is 0 Å². The van der Waals surface area contributed by atoms with E-state index in [1.807, 2.05) is 48.4 Å². The van der Waals surface area contributed by atoms with E-state index in [-0.39, 0.29) is 0 Å². The van der Waals surface area contributed by atoms with Crippen LogP contribution < -0.4 is 0 Å². The quantitative estimate of drug-likeness (QED) is 0.609. The molecule has 0 amide bonds. The molecule has 0 aliphatic carbocycles. The Kier molecular flexibility index (Phi) is 2.51. The normalized spacial score (nSPS) is 11.3. The molecule has 0 bridgehead atoms. The van der Waals surface area contributed by atoms with E-state index in [4.69, 9.17) is 6.42 Å². The molecule has 0 spiro atoms. The van der Waals surface area contributed by atoms with Crippen molar-refractivity contribution in [2.75, 3.05) is 0 Å². The monoisotopic (exact) mass is 196 g/mol. The topological polar surface area (TPSA) is 0 Å². The fourth-order valence-corrected chi connectivity index (χ4v) is 1.49. The second-order valence-electron chi connectivity index (χ2n) is 3.24. The van der Waals surface area contributed by atoms with Gasteiger partial charge in [0, 0.05) is 0 Å². The first-order valence-corrected chi connectivity index (χ1v) is 4.62. The molecule has 0 atom stereocenters. The summed E-state index contributed by atoms with van der Waals surface area (Å²) in [6.07, 6.45) is 6.29. The van der Waals surface area contributed by atoms with Gasteiger partial charge < -0.3 is 0 Å². The van der Waals surface area contributed by atoms with Crippen molar-refractivity contribution in [1.82, 2.24) is 0 Å². The van der Waals surface area contributed by atoms with Crippen LogP contribution in [0.4, 0.5) is 4.39 Å². The summed E-state index contributed by atoms with van der Waals surface area (Å²) in [5, 5.41) is 2.21. The predicted molar refractivity (Wildman–Crippen MR) is 61.9 cm³/mol. The maximum atomic E-state index is 12.8. The SMILES string of the molecule is C#C/C(F)=C\c1ccc2ccccc2c1. The second-order valence-corrected chi connectivity index (χ2v) is 3.24. The molecule has 0 aliphatic heterocycles. The van der Waals surface area contributed by atoms with Crippen LogP contribution in [0.5, 0.6) is 0 Å². The van der Waals surface area contributed by atoms with Crippen LogP contribution in [0.1, 0.15) is 5.56 Å². The predicted octanol–water partition coefficient (Wildman–Crippen LogP) is 3.78. The van der Waals surface area contributed by atoms with Gasteiger partial charge in [-0.1, -0.05) is 36.4 Å². The maximum Gasteiger partial charge on any atom is 0.173 e. The average molecular weight is 196 g/mol. The Morgan fingerprint density at radius 2 is 1.87 bits per heavy atom. The van der Waals surface area contributed by atoms with Crippen molar-refractivity contribution >= 4 is 16.8 Å². The highest BCUT2D eigenvalue weighted by molar-refractivity contribution is 5.84. The van der Waals surface area contributed by atoms with Crippen LogP contribution in [0.25, 0.3) is 16.8 Å². The molecule has 1 heteroatoms. The van der Waals surface area contributed by atoms with Gasteiger partial charge in [0.05, 0.1) is 0 Å². The van der Waals surface area contributed by atoms with Crippen LogP contribution in [-0.2, 0) is 0 Å². The molecule has 0 saturated heterocycles. The summed E-state index contributed by atoms with van der Waals surface area (Å²) in [5.74, 6) is 1.41. The standard InChI is InChI=1S/C14H9F/c1-2-14(15)10-11-7-8-12-5-3-4-6-13(12)9-11/h1,3-10H/b14-10+. The van der Waals surface area contributed by atoms with Crippen LogP contribution in [0.15, 0.2) is 48.3 Å². The lowest BCUT2D eigenvalue weighted by atomic mass is 10.1. The Morgan fingerprint density at radius 3 is 2.60 bits per heavy atom. The fourth-order valence-electron chi connectivity index (χ4n) is 1.49. The van der Waals surface area contributed by atoms with E-state index in [9.17, 15) is 4.39 Å². The summed E-state index contributed by atoms with van der Waals surface area (Å²) in [5.41, 5.74) is 0.782. The van der Waals surface area contributed by atoms with Gasteiger partial charge in [0.15, 0.2) is 5.83 Å². The van der Waals surface area contributed by atoms with Crippen molar-refractivity contribution in [1.29, 1.82) is 0 Å². The number of benzene rings is 2. The van der Waals surface area contributed by atoms with Crippen molar-refractivity contribution in [3.8, 4) is 12.3 Å². The van der Waals surface area contributed by atoms with Gasteiger partial charge in [-0.15, -0.1) is 6.42 Å². The van der Waals surface area contributed by atoms with Crippen molar-refractivity contribution in [2.45, 2.75) is 0 Å². The maximum absolute atomic E-state index is 12.8. The molecule has 0 aromatic heterocycles. The fraction of sp³-hybridized carbons (Fsp3) is 0. The van der Waals surface area contributed by atoms with Crippen molar-refractivity contribution < 1.29 is 4.39 Å². The molecule has 0 N–H and O–H groups in total. The summed E-state index contributed by atoms with van der Waals surface area (Å²) in [6.45, 7) is 0. The Hall–Kier alpha value is -2.07. The average Bonchev–Trinajstić information content (AvgIpc) is 2.29. The summed E-state index contributed by atoms with van der Waals surface area (Å²) < 4.78 is 12.8. The highest BCUT2D eigenvalue weighted by Crippen LogP contribution is 2.17. The van der Waals surface area contributed by atoms with Crippen molar-refractivity contribution in [3.63, 3.8) is 0 Å². The first-order valence-electron chi connectivity index (χ1n) is 4.62. The molecule has 2 rings (SSSR count). The van der Waals surface area contributed by atoms with Crippen LogP contribution in [-0.4, -0.2) is 0 Å². The van der Waals surface area contributed by atoms with Crippen LogP contribution in [0, 0.1) is 12.3 Å². The van der Waals surface area contributed by atoms with E-state index >= 15 is 0 Å². The number of fused-ring (bicyclic) bond motifs is 1. The highest BCUT2D eigenvalue weighted by Gasteiger charge is 1.94. The molecular formula is C14H9F. The minimum Gasteiger partial charge on any atom is -0.197 e. The van der Waals surface area contributed by atoms with Crippen LogP contribution >= 0.6 is 0 Å². The highest BCUT2D eigenvalue weighted by atomic mass is 19.1. The summed E-state index contributed by atoms with van der Waals surface area (Å²) in [4.78, 5) is 0. The van der Waals surface area contributed by atoms with Crippen molar-refractivity contribution in [3.05, 3.63) is 53.9 Å². The molecule has 0 unspecified atom stereocenters. The minimum absolute atomic E-state index is 0.551. The van der Waals surface area contributed by atoms with Gasteiger partial charge >= 0.3 is 0 Å². The molecule has 0 fully saturated rings. The summed E-state index contributed by atoms with van der Waals surface area (Å²) >= 11 is 0. The summed E-state index contributed by atoms with van der Waals surface area (Å²) in [6, 6.07) is 13.6. The van der Waals surface area contributed by atoms with E-state index in [1.165, 1.54) is 6.08 Å². The second kappa shape index (κ2) is 3.98. The molecule has 0 heterocycles. The number of terminal acetylenes is 1. The molecule has 0 saturated carbocycles. The molecule has 2 aromatic carbocycles. The van der Waals surface area contributed by atoms with Gasteiger partial charge in [0.25, 0.3) is 0 Å². The minimum atomic E-state index is -0.551. The molecular weight excluding hydrogens is 187 g/mol. The third kappa shape index (κ3) is 2.05. The third-order valence-electron chi connectivity index (χ3n) is 2.20. The third-order valence-corrected chi connectivity index (χ3v) is 2.20. The van der Waals surface area contributed by atoms with Gasteiger partial charge in [0.2, 0.25) is 0 Å². The molecule has 2 aromatic rings. The lowest BCUT2D eigenvalue weighted by Crippen LogP contribution is -1.76. The Labute approximate surface area is 88.0 Å². The van der Waals surface area contributed by atoms with Gasteiger partial charge in [-0.2, -0.15) is 4.39 Å². The number of rotatable bonds is 1. The molecule has 72 valence electrons. The van der Waals surface area contributed by atoms with Gasteiger partial charge in [-0.25, -0.2) is 0 Å². The van der Waals surface area contributed by atoms with E-state index in [0.29, 0.717) is 0 Å². The van der Waals surface area contributed by atoms with E-state index in [1.54, 1.807) is 0 Å². The Morgan fingerprint density at radius 1 is 1.13 bits per heavy atom. The zero-order valence-corrected chi connectivity index (χ0v) is 8.07. The van der Waals surface area contributed by atoms with Crippen LogP contribution in [0.3, 0.4) is 0 Å². The molecule has 15 heavy (non-hydrogen) atoms. The van der Waals surface area contributed by atoms with Crippen LogP contribution in [0.2, 0.25) is 0 Å². The molecule has 0 aliphatic rings. The number of halogens is 1. The number of hydrogen-bond acceptors (Lipinski definition) is 0.